The van der Waals surface area contributed by atoms with Gasteiger partial charge in [0.1, 0.15) is 11.9 Å². The highest BCUT2D eigenvalue weighted by Crippen LogP contribution is 2.50. The van der Waals surface area contributed by atoms with Gasteiger partial charge < -0.3 is 11.1 Å². The van der Waals surface area contributed by atoms with Crippen molar-refractivity contribution in [2.45, 2.75) is 51.0 Å². The summed E-state index contributed by atoms with van der Waals surface area (Å²) in [6.07, 6.45) is 2.18. The number of carbonyl (C=O) groups excluding carboxylic acids is 2. The Kier molecular flexibility index (Phi) is 5.31. The van der Waals surface area contributed by atoms with E-state index in [1.54, 1.807) is 19.1 Å². The molecular formula is C22H25FN2O2. The molecule has 142 valence electrons. The number of hydrogen-bond acceptors (Lipinski definition) is 2. The first-order chi connectivity index (χ1) is 12.8. The van der Waals surface area contributed by atoms with E-state index in [1.165, 1.54) is 6.07 Å². The number of rotatable bonds is 7. The number of halogens is 1. The zero-order valence-electron chi connectivity index (χ0n) is 15.7. The first-order valence-corrected chi connectivity index (χ1v) is 9.25. The number of carbonyl (C=O) groups is 2. The standard InChI is InChI=1S/C22H25FN2O2/c1-14-6-8-16(9-7-14)10-11-18(20(24)26)25-21(27)22(12-13-22)19-15(2)4-3-5-17(19)23/h3-9,18H,10-13H2,1-2H3,(H2,24,26)(H,25,27). The number of nitrogens with two attached hydrogens (primary N) is 1. The van der Waals surface area contributed by atoms with Crippen molar-refractivity contribution >= 4 is 11.8 Å². The minimum Gasteiger partial charge on any atom is -0.368 e. The van der Waals surface area contributed by atoms with E-state index in [0.717, 1.165) is 16.7 Å². The average molecular weight is 368 g/mol. The molecule has 0 aliphatic heterocycles. The predicted octanol–water partition coefficient (Wildman–Crippen LogP) is 3.08. The Bertz CT molecular complexity index is 837. The van der Waals surface area contributed by atoms with Crippen LogP contribution in [0.4, 0.5) is 4.39 Å². The molecule has 2 amide bonds. The van der Waals surface area contributed by atoms with Gasteiger partial charge in [0.05, 0.1) is 5.41 Å². The lowest BCUT2D eigenvalue weighted by Crippen LogP contribution is -2.48. The van der Waals surface area contributed by atoms with Gasteiger partial charge in [-0.05, 0) is 56.7 Å². The van der Waals surface area contributed by atoms with Gasteiger partial charge in [-0.25, -0.2) is 4.39 Å². The molecule has 3 rings (SSSR count). The fraction of sp³-hybridized carbons (Fsp3) is 0.364. The molecule has 2 aromatic carbocycles. The molecule has 0 bridgehead atoms. The molecule has 1 atom stereocenters. The Morgan fingerprint density at radius 1 is 1.15 bits per heavy atom. The Morgan fingerprint density at radius 2 is 1.81 bits per heavy atom. The summed E-state index contributed by atoms with van der Waals surface area (Å²) >= 11 is 0. The van der Waals surface area contributed by atoms with Gasteiger partial charge in [0.25, 0.3) is 0 Å². The Morgan fingerprint density at radius 3 is 2.37 bits per heavy atom. The molecule has 1 saturated carbocycles. The van der Waals surface area contributed by atoms with Crippen molar-refractivity contribution in [1.82, 2.24) is 5.32 Å². The maximum Gasteiger partial charge on any atom is 0.240 e. The number of aryl methyl sites for hydroxylation is 3. The summed E-state index contributed by atoms with van der Waals surface area (Å²) in [6, 6.07) is 12.0. The molecule has 1 unspecified atom stereocenters. The maximum atomic E-state index is 14.4. The van der Waals surface area contributed by atoms with E-state index in [-0.39, 0.29) is 11.7 Å². The van der Waals surface area contributed by atoms with Gasteiger partial charge in [-0.15, -0.1) is 0 Å². The molecule has 0 saturated heterocycles. The van der Waals surface area contributed by atoms with E-state index >= 15 is 0 Å². The maximum absolute atomic E-state index is 14.4. The van der Waals surface area contributed by atoms with Crippen molar-refractivity contribution in [2.24, 2.45) is 5.73 Å². The van der Waals surface area contributed by atoms with Gasteiger partial charge in [-0.3, -0.25) is 9.59 Å². The van der Waals surface area contributed by atoms with E-state index in [0.29, 0.717) is 31.2 Å². The van der Waals surface area contributed by atoms with Gasteiger partial charge in [0.15, 0.2) is 0 Å². The van der Waals surface area contributed by atoms with Crippen LogP contribution in [0.3, 0.4) is 0 Å². The molecule has 0 heterocycles. The van der Waals surface area contributed by atoms with Crippen LogP contribution in [0.15, 0.2) is 42.5 Å². The summed E-state index contributed by atoms with van der Waals surface area (Å²) in [4.78, 5) is 24.8. The molecule has 0 spiro atoms. The zero-order chi connectivity index (χ0) is 19.6. The Hall–Kier alpha value is -2.69. The smallest absolute Gasteiger partial charge is 0.240 e. The van der Waals surface area contributed by atoms with E-state index in [9.17, 15) is 14.0 Å². The van der Waals surface area contributed by atoms with Gasteiger partial charge in [0, 0.05) is 5.56 Å². The molecular weight excluding hydrogens is 343 g/mol. The van der Waals surface area contributed by atoms with Gasteiger partial charge >= 0.3 is 0 Å². The third-order valence-electron chi connectivity index (χ3n) is 5.38. The second-order valence-corrected chi connectivity index (χ2v) is 7.47. The summed E-state index contributed by atoms with van der Waals surface area (Å²) < 4.78 is 14.4. The van der Waals surface area contributed by atoms with E-state index in [4.69, 9.17) is 5.73 Å². The lowest BCUT2D eigenvalue weighted by molar-refractivity contribution is -0.129. The number of benzene rings is 2. The normalized spacial score (nSPS) is 15.8. The highest BCUT2D eigenvalue weighted by atomic mass is 19.1. The van der Waals surface area contributed by atoms with Gasteiger partial charge in [0.2, 0.25) is 11.8 Å². The predicted molar refractivity (Wildman–Crippen MR) is 103 cm³/mol. The van der Waals surface area contributed by atoms with Crippen molar-refractivity contribution in [3.63, 3.8) is 0 Å². The number of amides is 2. The van der Waals surface area contributed by atoms with E-state index < -0.39 is 17.4 Å². The fourth-order valence-electron chi connectivity index (χ4n) is 3.60. The van der Waals surface area contributed by atoms with Crippen LogP contribution in [0.25, 0.3) is 0 Å². The molecule has 0 aromatic heterocycles. The summed E-state index contributed by atoms with van der Waals surface area (Å²) in [5.74, 6) is -1.27. The van der Waals surface area contributed by atoms with Gasteiger partial charge in [-0.2, -0.15) is 0 Å². The second-order valence-electron chi connectivity index (χ2n) is 7.47. The zero-order valence-corrected chi connectivity index (χ0v) is 15.7. The lowest BCUT2D eigenvalue weighted by atomic mass is 9.90. The van der Waals surface area contributed by atoms with Crippen LogP contribution in [0.1, 0.15) is 41.5 Å². The quantitative estimate of drug-likeness (QED) is 0.788. The highest BCUT2D eigenvalue weighted by molar-refractivity contribution is 5.95. The van der Waals surface area contributed by atoms with Crippen LogP contribution in [-0.4, -0.2) is 17.9 Å². The minimum atomic E-state index is -0.882. The molecule has 1 fully saturated rings. The van der Waals surface area contributed by atoms with Crippen LogP contribution < -0.4 is 11.1 Å². The van der Waals surface area contributed by atoms with Crippen LogP contribution in [0, 0.1) is 19.7 Å². The van der Waals surface area contributed by atoms with Crippen molar-refractivity contribution in [1.29, 1.82) is 0 Å². The Labute approximate surface area is 159 Å². The monoisotopic (exact) mass is 368 g/mol. The summed E-state index contributed by atoms with van der Waals surface area (Å²) in [5, 5.41) is 2.77. The van der Waals surface area contributed by atoms with Crippen molar-refractivity contribution in [2.75, 3.05) is 0 Å². The minimum absolute atomic E-state index is 0.316. The van der Waals surface area contributed by atoms with Crippen molar-refractivity contribution in [3.05, 3.63) is 70.5 Å². The molecule has 2 aromatic rings. The highest BCUT2D eigenvalue weighted by Gasteiger charge is 2.54. The van der Waals surface area contributed by atoms with Crippen LogP contribution in [-0.2, 0) is 21.4 Å². The molecule has 1 aliphatic rings. The summed E-state index contributed by atoms with van der Waals surface area (Å²) in [6.45, 7) is 3.81. The fourth-order valence-corrected chi connectivity index (χ4v) is 3.60. The topological polar surface area (TPSA) is 72.2 Å². The van der Waals surface area contributed by atoms with E-state index in [1.807, 2.05) is 31.2 Å². The SMILES string of the molecule is Cc1ccc(CCC(NC(=O)C2(c3c(C)cccc3F)CC2)C(N)=O)cc1. The number of hydrogen-bond donors (Lipinski definition) is 2. The largest absolute Gasteiger partial charge is 0.368 e. The second kappa shape index (κ2) is 7.51. The first kappa shape index (κ1) is 19.1. The molecule has 3 N–H and O–H groups in total. The van der Waals surface area contributed by atoms with E-state index in [2.05, 4.69) is 5.32 Å². The van der Waals surface area contributed by atoms with Crippen LogP contribution >= 0.6 is 0 Å². The third kappa shape index (κ3) is 4.02. The van der Waals surface area contributed by atoms with Crippen LogP contribution in [0.2, 0.25) is 0 Å². The van der Waals surface area contributed by atoms with Gasteiger partial charge in [-0.1, -0.05) is 42.0 Å². The van der Waals surface area contributed by atoms with Crippen LogP contribution in [0.5, 0.6) is 0 Å². The molecule has 4 nitrogen and oxygen atoms in total. The number of nitrogens with one attached hydrogen (secondary N) is 1. The summed E-state index contributed by atoms with van der Waals surface area (Å²) in [7, 11) is 0. The molecule has 1 aliphatic carbocycles. The Balaban J connectivity index is 1.72. The third-order valence-corrected chi connectivity index (χ3v) is 5.38. The molecule has 0 radical (unpaired) electrons. The lowest BCUT2D eigenvalue weighted by Gasteiger charge is -2.22. The summed E-state index contributed by atoms with van der Waals surface area (Å²) in [5.41, 5.74) is 8.05. The first-order valence-electron chi connectivity index (χ1n) is 9.25. The molecule has 27 heavy (non-hydrogen) atoms. The molecule has 5 heteroatoms. The average Bonchev–Trinajstić information content (AvgIpc) is 3.41. The number of primary amides is 1. The van der Waals surface area contributed by atoms with Crippen molar-refractivity contribution < 1.29 is 14.0 Å². The van der Waals surface area contributed by atoms with Crippen molar-refractivity contribution in [3.8, 4) is 0 Å².